The lowest BCUT2D eigenvalue weighted by Gasteiger charge is -2.14. The molecule has 0 spiro atoms. The van der Waals surface area contributed by atoms with Crippen LogP contribution >= 0.6 is 0 Å². The highest BCUT2D eigenvalue weighted by molar-refractivity contribution is 5.49. The predicted octanol–water partition coefficient (Wildman–Crippen LogP) is 3.96. The molecule has 5 nitrogen and oxygen atoms in total. The van der Waals surface area contributed by atoms with Gasteiger partial charge in [0, 0.05) is 24.2 Å². The van der Waals surface area contributed by atoms with Gasteiger partial charge in [-0.15, -0.1) is 10.2 Å². The normalized spacial score (nSPS) is 15.8. The van der Waals surface area contributed by atoms with Crippen molar-refractivity contribution in [2.45, 2.75) is 30.9 Å². The van der Waals surface area contributed by atoms with E-state index in [1.54, 1.807) is 12.1 Å². The molecule has 0 unspecified atom stereocenters. The maximum Gasteiger partial charge on any atom is 0.470 e. The summed E-state index contributed by atoms with van der Waals surface area (Å²) in [5, 5.41) is 6.35. The summed E-state index contributed by atoms with van der Waals surface area (Å²) in [6.07, 6.45) is 0.480. The van der Waals surface area contributed by atoms with Crippen LogP contribution in [-0.2, 0) is 18.0 Å². The van der Waals surface area contributed by atoms with Crippen LogP contribution in [0.5, 0.6) is 0 Å². The van der Waals surface area contributed by atoms with E-state index in [0.717, 1.165) is 18.4 Å². The highest BCUT2D eigenvalue weighted by Crippen LogP contribution is 2.50. The van der Waals surface area contributed by atoms with E-state index in [1.807, 2.05) is 0 Å². The Morgan fingerprint density at radius 2 is 1.65 bits per heavy atom. The topological polar surface area (TPSA) is 64.7 Å². The average Bonchev–Trinajstić information content (AvgIpc) is 3.19. The second kappa shape index (κ2) is 5.86. The van der Waals surface area contributed by atoms with E-state index in [4.69, 9.17) is 0 Å². The Bertz CT molecular complexity index is 915. The Hall–Kier alpha value is -2.84. The molecule has 0 radical (unpaired) electrons. The van der Waals surface area contributed by atoms with Gasteiger partial charge in [0.1, 0.15) is 11.6 Å². The lowest BCUT2D eigenvalue weighted by molar-refractivity contribution is -0.156. The average molecular weight is 364 g/mol. The van der Waals surface area contributed by atoms with Crippen molar-refractivity contribution in [1.82, 2.24) is 20.2 Å². The van der Waals surface area contributed by atoms with Crippen molar-refractivity contribution in [3.8, 4) is 11.5 Å². The molecule has 1 fully saturated rings. The predicted molar refractivity (Wildman–Crippen MR) is 81.3 cm³/mol. The molecule has 26 heavy (non-hydrogen) atoms. The maximum absolute atomic E-state index is 13.1. The second-order valence-corrected chi connectivity index (χ2v) is 6.26. The summed E-state index contributed by atoms with van der Waals surface area (Å²) in [6, 6.07) is 6.36. The summed E-state index contributed by atoms with van der Waals surface area (Å²) in [6.45, 7) is 0. The van der Waals surface area contributed by atoms with E-state index in [1.165, 1.54) is 24.5 Å². The Kier molecular flexibility index (Phi) is 3.74. The third-order valence-corrected chi connectivity index (χ3v) is 4.43. The minimum absolute atomic E-state index is 0.108. The van der Waals surface area contributed by atoms with Gasteiger partial charge in [-0.05, 0) is 30.5 Å². The van der Waals surface area contributed by atoms with Gasteiger partial charge in [0.25, 0.3) is 5.89 Å². The molecule has 2 aromatic heterocycles. The van der Waals surface area contributed by atoms with Crippen LogP contribution in [0.25, 0.3) is 11.5 Å². The third-order valence-electron chi connectivity index (χ3n) is 4.43. The molecule has 0 atom stereocenters. The minimum Gasteiger partial charge on any atom is -0.413 e. The molecule has 134 valence electrons. The van der Waals surface area contributed by atoms with Crippen LogP contribution in [-0.4, -0.2) is 20.2 Å². The Morgan fingerprint density at radius 1 is 1.00 bits per heavy atom. The van der Waals surface area contributed by atoms with Crippen LogP contribution in [0.2, 0.25) is 0 Å². The van der Waals surface area contributed by atoms with E-state index >= 15 is 0 Å². The van der Waals surface area contributed by atoms with Crippen LogP contribution in [0.4, 0.5) is 17.6 Å². The summed E-state index contributed by atoms with van der Waals surface area (Å²) in [5.41, 5.74) is 1.13. The van der Waals surface area contributed by atoms with Crippen molar-refractivity contribution in [3.63, 3.8) is 0 Å². The first-order valence-corrected chi connectivity index (χ1v) is 7.84. The molecule has 1 aliphatic carbocycles. The molecular formula is C17H12F4N4O. The number of nitrogens with zero attached hydrogens (tertiary/aromatic N) is 4. The molecule has 0 aliphatic heterocycles. The third kappa shape index (κ3) is 3.16. The van der Waals surface area contributed by atoms with E-state index in [0.29, 0.717) is 12.2 Å². The fourth-order valence-corrected chi connectivity index (χ4v) is 2.84. The summed E-state index contributed by atoms with van der Waals surface area (Å²) in [7, 11) is 0. The SMILES string of the molecule is Fc1ccc(C2(Cc3ncc(-c4nnc(C(F)(F)F)o4)cn3)CC2)cc1. The van der Waals surface area contributed by atoms with Crippen LogP contribution in [0.1, 0.15) is 30.1 Å². The summed E-state index contributed by atoms with van der Waals surface area (Å²) in [4.78, 5) is 8.40. The van der Waals surface area contributed by atoms with Crippen LogP contribution < -0.4 is 0 Å². The van der Waals surface area contributed by atoms with Crippen molar-refractivity contribution in [2.75, 3.05) is 0 Å². The highest BCUT2D eigenvalue weighted by Gasteiger charge is 2.45. The van der Waals surface area contributed by atoms with Crippen molar-refractivity contribution < 1.29 is 22.0 Å². The van der Waals surface area contributed by atoms with Crippen LogP contribution in [0.3, 0.4) is 0 Å². The zero-order valence-electron chi connectivity index (χ0n) is 13.3. The number of halogens is 4. The fourth-order valence-electron chi connectivity index (χ4n) is 2.84. The second-order valence-electron chi connectivity index (χ2n) is 6.26. The summed E-state index contributed by atoms with van der Waals surface area (Å²) >= 11 is 0. The standard InChI is InChI=1S/C17H12F4N4O/c18-12-3-1-11(2-4-12)16(5-6-16)7-13-22-8-10(9-23-13)14-24-25-15(26-14)17(19,20)21/h1-4,8-9H,5-7H2. The van der Waals surface area contributed by atoms with E-state index in [2.05, 4.69) is 24.6 Å². The molecule has 1 aliphatic rings. The molecule has 0 amide bonds. The van der Waals surface area contributed by atoms with Crippen LogP contribution in [0.15, 0.2) is 41.1 Å². The lowest BCUT2D eigenvalue weighted by atomic mass is 9.92. The molecular weight excluding hydrogens is 352 g/mol. The number of alkyl halides is 3. The molecule has 0 N–H and O–H groups in total. The highest BCUT2D eigenvalue weighted by atomic mass is 19.4. The van der Waals surface area contributed by atoms with Gasteiger partial charge in [0.05, 0.1) is 5.56 Å². The van der Waals surface area contributed by atoms with Gasteiger partial charge in [-0.1, -0.05) is 12.1 Å². The zero-order valence-corrected chi connectivity index (χ0v) is 13.3. The van der Waals surface area contributed by atoms with Gasteiger partial charge in [-0.3, -0.25) is 0 Å². The lowest BCUT2D eigenvalue weighted by Crippen LogP contribution is -2.13. The van der Waals surface area contributed by atoms with Gasteiger partial charge in [0.15, 0.2) is 0 Å². The molecule has 9 heteroatoms. The Morgan fingerprint density at radius 3 is 2.19 bits per heavy atom. The Labute approximate surface area is 145 Å². The molecule has 3 aromatic rings. The molecule has 0 bridgehead atoms. The van der Waals surface area contributed by atoms with E-state index < -0.39 is 12.1 Å². The number of rotatable bonds is 4. The largest absolute Gasteiger partial charge is 0.470 e. The first-order valence-electron chi connectivity index (χ1n) is 7.84. The van der Waals surface area contributed by atoms with E-state index in [-0.39, 0.29) is 22.7 Å². The Balaban J connectivity index is 1.51. The summed E-state index contributed by atoms with van der Waals surface area (Å²) < 4.78 is 55.2. The van der Waals surface area contributed by atoms with Crippen molar-refractivity contribution in [2.24, 2.45) is 0 Å². The van der Waals surface area contributed by atoms with Gasteiger partial charge >= 0.3 is 12.1 Å². The summed E-state index contributed by atoms with van der Waals surface area (Å²) in [5.74, 6) is -1.44. The molecule has 0 saturated heterocycles. The first kappa shape index (κ1) is 16.6. The minimum atomic E-state index is -4.69. The van der Waals surface area contributed by atoms with Gasteiger partial charge < -0.3 is 4.42 Å². The number of aromatic nitrogens is 4. The van der Waals surface area contributed by atoms with E-state index in [9.17, 15) is 17.6 Å². The molecule has 1 aromatic carbocycles. The van der Waals surface area contributed by atoms with Crippen molar-refractivity contribution in [3.05, 3.63) is 59.8 Å². The maximum atomic E-state index is 13.1. The number of hydrogen-bond donors (Lipinski definition) is 0. The molecule has 2 heterocycles. The smallest absolute Gasteiger partial charge is 0.413 e. The number of benzene rings is 1. The van der Waals surface area contributed by atoms with Gasteiger partial charge in [-0.25, -0.2) is 14.4 Å². The van der Waals surface area contributed by atoms with Crippen LogP contribution in [0, 0.1) is 5.82 Å². The zero-order chi connectivity index (χ0) is 18.4. The quantitative estimate of drug-likeness (QED) is 0.656. The van der Waals surface area contributed by atoms with Crippen molar-refractivity contribution >= 4 is 0 Å². The van der Waals surface area contributed by atoms with Crippen molar-refractivity contribution in [1.29, 1.82) is 0 Å². The molecule has 1 saturated carbocycles. The molecule has 4 rings (SSSR count). The first-order chi connectivity index (χ1) is 12.4. The monoisotopic (exact) mass is 364 g/mol. The number of hydrogen-bond acceptors (Lipinski definition) is 5. The van der Waals surface area contributed by atoms with Gasteiger partial charge in [-0.2, -0.15) is 13.2 Å². The fraction of sp³-hybridized carbons (Fsp3) is 0.294. The van der Waals surface area contributed by atoms with Gasteiger partial charge in [0.2, 0.25) is 0 Å².